The molecule has 75 heavy (non-hydrogen) atoms. The minimum absolute atomic E-state index is 0.0943. The molecule has 0 aromatic heterocycles. The lowest BCUT2D eigenvalue weighted by Crippen LogP contribution is -2.30. The van der Waals surface area contributed by atoms with Crippen molar-refractivity contribution in [3.63, 3.8) is 0 Å². The second-order valence-corrected chi connectivity index (χ2v) is 20.9. The number of rotatable bonds is 57. The lowest BCUT2D eigenvalue weighted by atomic mass is 10.1. The van der Waals surface area contributed by atoms with Gasteiger partial charge in [-0.3, -0.25) is 14.4 Å². The molecule has 1 atom stereocenters. The van der Waals surface area contributed by atoms with Gasteiger partial charge in [0.05, 0.1) is 0 Å². The minimum Gasteiger partial charge on any atom is -0.462 e. The van der Waals surface area contributed by atoms with Crippen LogP contribution in [-0.4, -0.2) is 37.2 Å². The molecule has 0 aliphatic rings. The first-order valence-electron chi connectivity index (χ1n) is 31.7. The Morgan fingerprint density at radius 3 is 0.840 bits per heavy atom. The van der Waals surface area contributed by atoms with Gasteiger partial charge in [-0.2, -0.15) is 0 Å². The summed E-state index contributed by atoms with van der Waals surface area (Å²) in [5, 5.41) is 0. The average Bonchev–Trinajstić information content (AvgIpc) is 3.41. The highest BCUT2D eigenvalue weighted by Gasteiger charge is 2.19. The molecule has 0 aliphatic carbocycles. The predicted molar refractivity (Wildman–Crippen MR) is 325 cm³/mol. The van der Waals surface area contributed by atoms with Crippen LogP contribution in [0.5, 0.6) is 0 Å². The summed E-state index contributed by atoms with van der Waals surface area (Å²) in [6.07, 6.45) is 84.0. The maximum atomic E-state index is 12.9. The number of carbonyl (C=O) groups is 3. The summed E-state index contributed by atoms with van der Waals surface area (Å²) in [6.45, 7) is 6.50. The zero-order chi connectivity index (χ0) is 54.3. The first-order chi connectivity index (χ1) is 37.0. The number of hydrogen-bond acceptors (Lipinski definition) is 6. The van der Waals surface area contributed by atoms with Crippen molar-refractivity contribution in [2.24, 2.45) is 0 Å². The van der Waals surface area contributed by atoms with Crippen LogP contribution < -0.4 is 0 Å². The molecule has 0 spiro atoms. The normalized spacial score (nSPS) is 12.7. The summed E-state index contributed by atoms with van der Waals surface area (Å²) >= 11 is 0. The zero-order valence-corrected chi connectivity index (χ0v) is 49.3. The van der Waals surface area contributed by atoms with Crippen LogP contribution in [0.15, 0.2) is 97.2 Å². The Kier molecular flexibility index (Phi) is 59.8. The van der Waals surface area contributed by atoms with Crippen LogP contribution in [0.25, 0.3) is 0 Å². The molecule has 0 aromatic carbocycles. The van der Waals surface area contributed by atoms with E-state index in [1.165, 1.54) is 161 Å². The minimum atomic E-state index is -0.801. The van der Waals surface area contributed by atoms with Crippen molar-refractivity contribution in [1.29, 1.82) is 0 Å². The van der Waals surface area contributed by atoms with E-state index in [0.717, 1.165) is 103 Å². The van der Waals surface area contributed by atoms with Gasteiger partial charge in [0.2, 0.25) is 0 Å². The largest absolute Gasteiger partial charge is 0.462 e. The summed E-state index contributed by atoms with van der Waals surface area (Å²) in [6, 6.07) is 0. The van der Waals surface area contributed by atoms with Crippen molar-refractivity contribution in [3.05, 3.63) is 97.2 Å². The lowest BCUT2D eigenvalue weighted by Gasteiger charge is -2.18. The molecule has 1 unspecified atom stereocenters. The van der Waals surface area contributed by atoms with E-state index in [9.17, 15) is 14.4 Å². The lowest BCUT2D eigenvalue weighted by molar-refractivity contribution is -0.167. The van der Waals surface area contributed by atoms with E-state index in [1.54, 1.807) is 0 Å². The summed E-state index contributed by atoms with van der Waals surface area (Å²) in [4.78, 5) is 38.3. The molecular formula is C69H118O6. The van der Waals surface area contributed by atoms with Gasteiger partial charge in [0.25, 0.3) is 0 Å². The molecule has 6 heteroatoms. The van der Waals surface area contributed by atoms with Crippen molar-refractivity contribution in [2.75, 3.05) is 13.2 Å². The van der Waals surface area contributed by atoms with Gasteiger partial charge >= 0.3 is 17.9 Å². The van der Waals surface area contributed by atoms with E-state index >= 15 is 0 Å². The maximum Gasteiger partial charge on any atom is 0.306 e. The number of hydrogen-bond donors (Lipinski definition) is 0. The highest BCUT2D eigenvalue weighted by molar-refractivity contribution is 5.71. The fourth-order valence-corrected chi connectivity index (χ4v) is 8.79. The van der Waals surface area contributed by atoms with Crippen LogP contribution in [0, 0.1) is 0 Å². The molecular weight excluding hydrogens is 925 g/mol. The first kappa shape index (κ1) is 71.3. The van der Waals surface area contributed by atoms with Crippen LogP contribution in [0.4, 0.5) is 0 Å². The smallest absolute Gasteiger partial charge is 0.306 e. The summed E-state index contributed by atoms with van der Waals surface area (Å²) in [5.41, 5.74) is 0. The Morgan fingerprint density at radius 1 is 0.280 bits per heavy atom. The Balaban J connectivity index is 4.45. The van der Waals surface area contributed by atoms with Crippen LogP contribution in [-0.2, 0) is 28.6 Å². The Bertz CT molecular complexity index is 1480. The van der Waals surface area contributed by atoms with Gasteiger partial charge in [0.1, 0.15) is 13.2 Å². The van der Waals surface area contributed by atoms with E-state index in [4.69, 9.17) is 14.2 Å². The summed E-state index contributed by atoms with van der Waals surface area (Å²) in [5.74, 6) is -0.926. The Labute approximate surface area is 464 Å². The summed E-state index contributed by atoms with van der Waals surface area (Å²) in [7, 11) is 0. The average molecular weight is 1040 g/mol. The van der Waals surface area contributed by atoms with Gasteiger partial charge in [0.15, 0.2) is 6.10 Å². The maximum absolute atomic E-state index is 12.9. The van der Waals surface area contributed by atoms with Crippen LogP contribution >= 0.6 is 0 Å². The second-order valence-electron chi connectivity index (χ2n) is 20.9. The molecule has 0 aromatic rings. The van der Waals surface area contributed by atoms with E-state index in [0.29, 0.717) is 12.8 Å². The molecule has 0 amide bonds. The molecule has 430 valence electrons. The van der Waals surface area contributed by atoms with Gasteiger partial charge in [-0.25, -0.2) is 0 Å². The van der Waals surface area contributed by atoms with Crippen molar-refractivity contribution < 1.29 is 28.6 Å². The quantitative estimate of drug-likeness (QED) is 0.0261. The van der Waals surface area contributed by atoms with E-state index in [2.05, 4.69) is 118 Å². The fourth-order valence-electron chi connectivity index (χ4n) is 8.79. The standard InChI is InChI=1S/C69H118O6/c1-4-7-10-13-16-19-22-25-28-31-33-34-36-38-41-44-47-50-53-56-59-62-68(71)74-65-66(64-73-67(70)61-58-55-52-49-46-43-40-37-30-27-24-21-18-15-12-9-6-3)75-69(72)63-60-57-54-51-48-45-42-39-35-32-29-26-23-20-17-14-11-8-5-2/h8,11,17,20,22,25-27,29-31,33,35,39,45,48,66H,4-7,9-10,12-16,18-19,21,23-24,28,32,34,36-38,40-44,46-47,49-65H2,1-3H3/b11-8-,20-17-,25-22-,29-26-,30-27-,33-31-,39-35-,48-45-. The number of allylic oxidation sites excluding steroid dienone is 16. The van der Waals surface area contributed by atoms with E-state index in [-0.39, 0.29) is 37.5 Å². The van der Waals surface area contributed by atoms with Gasteiger partial charge < -0.3 is 14.2 Å². The monoisotopic (exact) mass is 1040 g/mol. The van der Waals surface area contributed by atoms with Gasteiger partial charge in [-0.15, -0.1) is 0 Å². The third kappa shape index (κ3) is 61.1. The molecule has 0 rings (SSSR count). The van der Waals surface area contributed by atoms with Crippen molar-refractivity contribution in [3.8, 4) is 0 Å². The molecule has 0 radical (unpaired) electrons. The molecule has 0 fully saturated rings. The van der Waals surface area contributed by atoms with Crippen LogP contribution in [0.2, 0.25) is 0 Å². The third-order valence-corrected chi connectivity index (χ3v) is 13.5. The topological polar surface area (TPSA) is 78.9 Å². The van der Waals surface area contributed by atoms with E-state index < -0.39 is 6.10 Å². The summed E-state index contributed by atoms with van der Waals surface area (Å²) < 4.78 is 16.9. The first-order valence-corrected chi connectivity index (χ1v) is 31.7. The number of ether oxygens (including phenoxy) is 3. The molecule has 0 saturated carbocycles. The van der Waals surface area contributed by atoms with Gasteiger partial charge in [0, 0.05) is 19.3 Å². The second kappa shape index (κ2) is 62.9. The van der Waals surface area contributed by atoms with Crippen molar-refractivity contribution in [1.82, 2.24) is 0 Å². The molecule has 6 nitrogen and oxygen atoms in total. The molecule has 0 N–H and O–H groups in total. The number of esters is 3. The van der Waals surface area contributed by atoms with Gasteiger partial charge in [-0.05, 0) is 122 Å². The molecule has 0 bridgehead atoms. The molecule has 0 saturated heterocycles. The Morgan fingerprint density at radius 2 is 0.520 bits per heavy atom. The fraction of sp³-hybridized carbons (Fsp3) is 0.725. The number of carbonyl (C=O) groups excluding carboxylic acids is 3. The zero-order valence-electron chi connectivity index (χ0n) is 49.3. The van der Waals surface area contributed by atoms with Crippen LogP contribution in [0.1, 0.15) is 303 Å². The Hall–Kier alpha value is -3.67. The molecule has 0 heterocycles. The SMILES string of the molecule is CC/C=C\C/C=C\C/C=C\C/C=C\C/C=C\CCCCCC(=O)OC(COC(=O)CCCCCCCCC/C=C\CCCCCCCC)COC(=O)CCCCCCCCCCC/C=C\C/C=C\CCCCCCC. The number of unbranched alkanes of at least 4 members (excludes halogenated alkanes) is 30. The van der Waals surface area contributed by atoms with Crippen molar-refractivity contribution >= 4 is 17.9 Å². The highest BCUT2D eigenvalue weighted by atomic mass is 16.6. The third-order valence-electron chi connectivity index (χ3n) is 13.5. The van der Waals surface area contributed by atoms with Crippen LogP contribution in [0.3, 0.4) is 0 Å². The molecule has 0 aliphatic heterocycles. The predicted octanol–water partition coefficient (Wildman–Crippen LogP) is 21.7. The van der Waals surface area contributed by atoms with Crippen molar-refractivity contribution in [2.45, 2.75) is 309 Å². The van der Waals surface area contributed by atoms with E-state index in [1.807, 2.05) is 0 Å². The van der Waals surface area contributed by atoms with Gasteiger partial charge in [-0.1, -0.05) is 259 Å². The highest BCUT2D eigenvalue weighted by Crippen LogP contribution is 2.15.